The number of hydrogen-bond acceptors (Lipinski definition) is 8. The molecular formula is C30H29N9O. The second-order valence-electron chi connectivity index (χ2n) is 10.7. The Labute approximate surface area is 232 Å². The SMILES string of the molecule is COc1ccc(CN2C[C@@H]3CN(c4ccc(-c5cc(-c6ccn(C)n6)cn6ncc(C#N)c56)cn4)C[C@@H]3C2)cn1. The molecule has 0 spiro atoms. The lowest BCUT2D eigenvalue weighted by Gasteiger charge is -2.22. The van der Waals surface area contributed by atoms with E-state index in [1.165, 1.54) is 5.56 Å². The van der Waals surface area contributed by atoms with E-state index in [-0.39, 0.29) is 0 Å². The number of aryl methyl sites for hydroxylation is 1. The summed E-state index contributed by atoms with van der Waals surface area (Å²) in [6.45, 7) is 5.11. The average Bonchev–Trinajstić information content (AvgIpc) is 3.76. The van der Waals surface area contributed by atoms with Gasteiger partial charge in [0.25, 0.3) is 0 Å². The van der Waals surface area contributed by atoms with Crippen molar-refractivity contribution >= 4 is 11.3 Å². The number of nitriles is 1. The number of rotatable bonds is 6. The second-order valence-corrected chi connectivity index (χ2v) is 10.7. The van der Waals surface area contributed by atoms with E-state index in [9.17, 15) is 5.26 Å². The first kappa shape index (κ1) is 24.3. The molecule has 0 unspecified atom stereocenters. The van der Waals surface area contributed by atoms with Crippen LogP contribution in [0.4, 0.5) is 5.82 Å². The minimum atomic E-state index is 0.536. The number of methoxy groups -OCH3 is 1. The molecule has 0 N–H and O–H groups in total. The Morgan fingerprint density at radius 2 is 1.82 bits per heavy atom. The summed E-state index contributed by atoms with van der Waals surface area (Å²) in [4.78, 5) is 14.2. The van der Waals surface area contributed by atoms with E-state index in [1.807, 2.05) is 44.0 Å². The number of fused-ring (bicyclic) bond motifs is 2. The molecule has 0 amide bonds. The molecule has 7 rings (SSSR count). The number of aromatic nitrogens is 6. The van der Waals surface area contributed by atoms with Gasteiger partial charge in [-0.15, -0.1) is 0 Å². The van der Waals surface area contributed by atoms with Crippen molar-refractivity contribution < 1.29 is 4.74 Å². The fourth-order valence-electron chi connectivity index (χ4n) is 6.15. The van der Waals surface area contributed by atoms with Crippen molar-refractivity contribution in [2.45, 2.75) is 6.54 Å². The van der Waals surface area contributed by atoms with Crippen LogP contribution in [-0.4, -0.2) is 67.6 Å². The predicted molar refractivity (Wildman–Crippen MR) is 151 cm³/mol. The standard InChI is InChI=1S/C30H29N9O/c1-36-8-7-27(35-36)22-9-26(30-23(10-31)13-34-39(30)19-22)21-4-5-28(32-12-21)38-17-24-15-37(16-25(24)18-38)14-20-3-6-29(40-2)33-11-20/h3-9,11-13,19,24-25H,14-18H2,1-2H3/t24-,25+. The van der Waals surface area contributed by atoms with E-state index in [1.54, 1.807) is 22.5 Å². The molecular weight excluding hydrogens is 502 g/mol. The molecule has 5 aromatic rings. The zero-order chi connectivity index (χ0) is 27.2. The molecule has 7 heterocycles. The largest absolute Gasteiger partial charge is 0.481 e. The van der Waals surface area contributed by atoms with Gasteiger partial charge >= 0.3 is 0 Å². The van der Waals surface area contributed by atoms with Crippen LogP contribution in [0, 0.1) is 23.2 Å². The van der Waals surface area contributed by atoms with Crippen LogP contribution in [0.2, 0.25) is 0 Å². The van der Waals surface area contributed by atoms with E-state index >= 15 is 0 Å². The van der Waals surface area contributed by atoms with Gasteiger partial charge in [0.05, 0.1) is 30.1 Å². The molecule has 200 valence electrons. The number of nitrogens with zero attached hydrogens (tertiary/aromatic N) is 9. The number of anilines is 1. The summed E-state index contributed by atoms with van der Waals surface area (Å²) in [6.07, 6.45) is 9.27. The Morgan fingerprint density at radius 3 is 2.48 bits per heavy atom. The van der Waals surface area contributed by atoms with Gasteiger partial charge in [0.2, 0.25) is 5.88 Å². The van der Waals surface area contributed by atoms with Crippen LogP contribution in [0.15, 0.2) is 67.4 Å². The van der Waals surface area contributed by atoms with Crippen molar-refractivity contribution in [3.05, 3.63) is 78.5 Å². The molecule has 10 heteroatoms. The molecule has 0 bridgehead atoms. The van der Waals surface area contributed by atoms with Gasteiger partial charge in [-0.2, -0.15) is 15.5 Å². The summed E-state index contributed by atoms with van der Waals surface area (Å²) in [6, 6.07) is 14.6. The molecule has 2 aliphatic heterocycles. The Kier molecular flexibility index (Phi) is 5.94. The molecule has 10 nitrogen and oxygen atoms in total. The van der Waals surface area contributed by atoms with Crippen molar-refractivity contribution in [3.8, 4) is 34.3 Å². The third-order valence-corrected chi connectivity index (χ3v) is 8.10. The van der Waals surface area contributed by atoms with Crippen LogP contribution in [0.3, 0.4) is 0 Å². The molecule has 2 saturated heterocycles. The van der Waals surface area contributed by atoms with Crippen molar-refractivity contribution in [2.75, 3.05) is 38.2 Å². The van der Waals surface area contributed by atoms with Crippen molar-refractivity contribution in [1.29, 1.82) is 5.26 Å². The van der Waals surface area contributed by atoms with Crippen LogP contribution in [0.1, 0.15) is 11.1 Å². The molecule has 2 aliphatic rings. The molecule has 5 aromatic heterocycles. The van der Waals surface area contributed by atoms with Crippen molar-refractivity contribution in [1.82, 2.24) is 34.3 Å². The van der Waals surface area contributed by atoms with Gasteiger partial charge in [-0.1, -0.05) is 6.07 Å². The summed E-state index contributed by atoms with van der Waals surface area (Å²) in [7, 11) is 3.54. The van der Waals surface area contributed by atoms with Gasteiger partial charge in [-0.3, -0.25) is 9.58 Å². The van der Waals surface area contributed by atoms with Gasteiger partial charge in [0.15, 0.2) is 0 Å². The normalized spacial score (nSPS) is 18.8. The third-order valence-electron chi connectivity index (χ3n) is 8.10. The topological polar surface area (TPSA) is 100 Å². The maximum absolute atomic E-state index is 9.72. The summed E-state index contributed by atoms with van der Waals surface area (Å²) in [5.74, 6) is 2.91. The number of hydrogen-bond donors (Lipinski definition) is 0. The Hall–Kier alpha value is -4.75. The maximum atomic E-state index is 9.72. The fourth-order valence-corrected chi connectivity index (χ4v) is 6.15. The second kappa shape index (κ2) is 9.77. The molecule has 2 atom stereocenters. The van der Waals surface area contributed by atoms with E-state index < -0.39 is 0 Å². The number of likely N-dealkylation sites (tertiary alicyclic amines) is 1. The summed E-state index contributed by atoms with van der Waals surface area (Å²) in [5, 5.41) is 18.7. The van der Waals surface area contributed by atoms with Gasteiger partial charge in [-0.25, -0.2) is 14.5 Å². The van der Waals surface area contributed by atoms with Crippen LogP contribution < -0.4 is 9.64 Å². The van der Waals surface area contributed by atoms with Gasteiger partial charge in [-0.05, 0) is 41.7 Å². The highest BCUT2D eigenvalue weighted by atomic mass is 16.5. The van der Waals surface area contributed by atoms with E-state index in [0.29, 0.717) is 23.3 Å². The van der Waals surface area contributed by atoms with Crippen LogP contribution in [0.5, 0.6) is 5.88 Å². The first-order valence-electron chi connectivity index (χ1n) is 13.4. The molecule has 0 aromatic carbocycles. The zero-order valence-corrected chi connectivity index (χ0v) is 22.5. The summed E-state index contributed by atoms with van der Waals surface area (Å²) >= 11 is 0. The smallest absolute Gasteiger partial charge is 0.212 e. The third kappa shape index (κ3) is 4.34. The summed E-state index contributed by atoms with van der Waals surface area (Å²) in [5.41, 5.74) is 6.18. The first-order chi connectivity index (χ1) is 19.6. The first-order valence-corrected chi connectivity index (χ1v) is 13.4. The molecule has 2 fully saturated rings. The van der Waals surface area contributed by atoms with Crippen molar-refractivity contribution in [3.63, 3.8) is 0 Å². The fraction of sp³-hybridized carbons (Fsp3) is 0.300. The highest BCUT2D eigenvalue weighted by Crippen LogP contribution is 2.36. The predicted octanol–water partition coefficient (Wildman–Crippen LogP) is 3.64. The Morgan fingerprint density at radius 1 is 0.975 bits per heavy atom. The minimum absolute atomic E-state index is 0.536. The Balaban J connectivity index is 1.09. The zero-order valence-electron chi connectivity index (χ0n) is 22.5. The number of pyridine rings is 3. The van der Waals surface area contributed by atoms with Crippen molar-refractivity contribution in [2.24, 2.45) is 18.9 Å². The van der Waals surface area contributed by atoms with Crippen LogP contribution in [-0.2, 0) is 13.6 Å². The lowest BCUT2D eigenvalue weighted by molar-refractivity contribution is 0.308. The molecule has 40 heavy (non-hydrogen) atoms. The highest BCUT2D eigenvalue weighted by molar-refractivity contribution is 5.87. The van der Waals surface area contributed by atoms with Crippen LogP contribution in [0.25, 0.3) is 27.9 Å². The van der Waals surface area contributed by atoms with Gasteiger partial charge in [0.1, 0.15) is 11.9 Å². The maximum Gasteiger partial charge on any atom is 0.212 e. The average molecular weight is 532 g/mol. The summed E-state index contributed by atoms with van der Waals surface area (Å²) < 4.78 is 8.72. The van der Waals surface area contributed by atoms with Crippen LogP contribution >= 0.6 is 0 Å². The van der Waals surface area contributed by atoms with E-state index in [0.717, 1.165) is 66.4 Å². The molecule has 0 aliphatic carbocycles. The van der Waals surface area contributed by atoms with E-state index in [2.05, 4.69) is 55.3 Å². The number of ether oxygens (including phenoxy) is 1. The monoisotopic (exact) mass is 531 g/mol. The van der Waals surface area contributed by atoms with Gasteiger partial charge < -0.3 is 9.64 Å². The lowest BCUT2D eigenvalue weighted by Crippen LogP contribution is -2.29. The van der Waals surface area contributed by atoms with E-state index in [4.69, 9.17) is 9.72 Å². The minimum Gasteiger partial charge on any atom is -0.481 e. The molecule has 0 saturated carbocycles. The lowest BCUT2D eigenvalue weighted by atomic mass is 10.0. The van der Waals surface area contributed by atoms with Gasteiger partial charge in [0, 0.05) is 87.3 Å². The highest BCUT2D eigenvalue weighted by Gasteiger charge is 2.40. The Bertz CT molecular complexity index is 1700. The quantitative estimate of drug-likeness (QED) is 0.327. The molecule has 0 radical (unpaired) electrons.